The molecule has 2 heteroatoms. The second-order valence-corrected chi connectivity index (χ2v) is 3.25. The third-order valence-corrected chi connectivity index (χ3v) is 1.72. The lowest BCUT2D eigenvalue weighted by molar-refractivity contribution is 0.198. The molecule has 0 fully saturated rings. The number of aliphatic hydroxyl groups excluding tert-OH is 2. The Kier molecular flexibility index (Phi) is 7.65. The van der Waals surface area contributed by atoms with Crippen LogP contribution in [0.2, 0.25) is 0 Å². The normalized spacial score (nSPS) is 15.2. The van der Waals surface area contributed by atoms with Gasteiger partial charge in [0.2, 0.25) is 0 Å². The van der Waals surface area contributed by atoms with E-state index in [-0.39, 0.29) is 12.7 Å². The summed E-state index contributed by atoms with van der Waals surface area (Å²) < 4.78 is 0. The molecule has 2 nitrogen and oxygen atoms in total. The quantitative estimate of drug-likeness (QED) is 0.620. The van der Waals surface area contributed by atoms with Crippen molar-refractivity contribution in [1.29, 1.82) is 0 Å². The van der Waals surface area contributed by atoms with Crippen molar-refractivity contribution in [2.75, 3.05) is 6.61 Å². The monoisotopic (exact) mass is 184 g/mol. The van der Waals surface area contributed by atoms with Gasteiger partial charge in [-0.05, 0) is 25.3 Å². The van der Waals surface area contributed by atoms with E-state index in [2.05, 4.69) is 6.92 Å². The van der Waals surface area contributed by atoms with Crippen molar-refractivity contribution in [2.24, 2.45) is 0 Å². The Bertz CT molecular complexity index is 169. The zero-order valence-electron chi connectivity index (χ0n) is 8.53. The molecule has 0 spiro atoms. The van der Waals surface area contributed by atoms with Gasteiger partial charge in [-0.3, -0.25) is 0 Å². The van der Waals surface area contributed by atoms with Gasteiger partial charge in [0.25, 0.3) is 0 Å². The fourth-order valence-corrected chi connectivity index (χ4v) is 1.02. The standard InChI is InChI=1S/C11H20O2/c1-3-6-11(9-12)8-5-4-7-10(2)13/h4-5,8,10,12-13H,3,6-7,9H2,1-2H3. The van der Waals surface area contributed by atoms with E-state index in [0.29, 0.717) is 6.42 Å². The van der Waals surface area contributed by atoms with Gasteiger partial charge in [0.1, 0.15) is 0 Å². The Balaban J connectivity index is 3.83. The van der Waals surface area contributed by atoms with Crippen molar-refractivity contribution in [3.8, 4) is 0 Å². The zero-order chi connectivity index (χ0) is 10.1. The van der Waals surface area contributed by atoms with Gasteiger partial charge in [0.15, 0.2) is 0 Å². The number of allylic oxidation sites excluding steroid dienone is 2. The van der Waals surface area contributed by atoms with Gasteiger partial charge in [-0.15, -0.1) is 0 Å². The van der Waals surface area contributed by atoms with Gasteiger partial charge < -0.3 is 10.2 Å². The SMILES string of the molecule is CCCC(=CC=CCC(C)O)CO. The highest BCUT2D eigenvalue weighted by Gasteiger charge is 1.91. The average Bonchev–Trinajstić information content (AvgIpc) is 2.10. The van der Waals surface area contributed by atoms with E-state index in [1.807, 2.05) is 18.2 Å². The fraction of sp³-hybridized carbons (Fsp3) is 0.636. The molecule has 76 valence electrons. The molecule has 2 N–H and O–H groups in total. The van der Waals surface area contributed by atoms with Crippen molar-refractivity contribution in [3.63, 3.8) is 0 Å². The molecule has 0 bridgehead atoms. The van der Waals surface area contributed by atoms with E-state index >= 15 is 0 Å². The summed E-state index contributed by atoms with van der Waals surface area (Å²) in [6, 6.07) is 0. The van der Waals surface area contributed by atoms with Crippen molar-refractivity contribution >= 4 is 0 Å². The van der Waals surface area contributed by atoms with Crippen molar-refractivity contribution in [1.82, 2.24) is 0 Å². The Hall–Kier alpha value is -0.600. The van der Waals surface area contributed by atoms with E-state index in [9.17, 15) is 0 Å². The van der Waals surface area contributed by atoms with Crippen LogP contribution in [0.1, 0.15) is 33.1 Å². The second kappa shape index (κ2) is 8.02. The van der Waals surface area contributed by atoms with Crippen LogP contribution in [-0.4, -0.2) is 22.9 Å². The number of rotatable bonds is 6. The van der Waals surface area contributed by atoms with Crippen LogP contribution in [0, 0.1) is 0 Å². The molecule has 0 rings (SSSR count). The second-order valence-electron chi connectivity index (χ2n) is 3.25. The molecule has 0 aromatic heterocycles. The van der Waals surface area contributed by atoms with Gasteiger partial charge in [-0.2, -0.15) is 0 Å². The molecule has 0 aromatic carbocycles. The molecular weight excluding hydrogens is 164 g/mol. The van der Waals surface area contributed by atoms with Gasteiger partial charge in [0, 0.05) is 0 Å². The van der Waals surface area contributed by atoms with Crippen molar-refractivity contribution in [3.05, 3.63) is 23.8 Å². The molecule has 0 radical (unpaired) electrons. The van der Waals surface area contributed by atoms with Crippen LogP contribution in [0.4, 0.5) is 0 Å². The number of hydrogen-bond donors (Lipinski definition) is 2. The average molecular weight is 184 g/mol. The smallest absolute Gasteiger partial charge is 0.0644 e. The summed E-state index contributed by atoms with van der Waals surface area (Å²) in [6.07, 6.45) is 8.11. The fourth-order valence-electron chi connectivity index (χ4n) is 1.02. The van der Waals surface area contributed by atoms with Crippen LogP contribution in [0.25, 0.3) is 0 Å². The number of hydrogen-bond acceptors (Lipinski definition) is 2. The molecule has 0 saturated heterocycles. The predicted molar refractivity (Wildman–Crippen MR) is 55.5 cm³/mol. The van der Waals surface area contributed by atoms with E-state index in [1.165, 1.54) is 0 Å². The first kappa shape index (κ1) is 12.4. The van der Waals surface area contributed by atoms with Gasteiger partial charge >= 0.3 is 0 Å². The van der Waals surface area contributed by atoms with Gasteiger partial charge in [-0.1, -0.05) is 31.6 Å². The molecule has 0 aliphatic rings. The molecule has 1 atom stereocenters. The van der Waals surface area contributed by atoms with Gasteiger partial charge in [-0.25, -0.2) is 0 Å². The summed E-state index contributed by atoms with van der Waals surface area (Å²) >= 11 is 0. The predicted octanol–water partition coefficient (Wildman–Crippen LogP) is 2.03. The highest BCUT2D eigenvalue weighted by Crippen LogP contribution is 2.03. The maximum atomic E-state index is 8.96. The molecule has 0 aliphatic heterocycles. The van der Waals surface area contributed by atoms with E-state index < -0.39 is 0 Å². The summed E-state index contributed by atoms with van der Waals surface area (Å²) in [5.74, 6) is 0. The highest BCUT2D eigenvalue weighted by atomic mass is 16.3. The zero-order valence-corrected chi connectivity index (χ0v) is 8.53. The first-order valence-electron chi connectivity index (χ1n) is 4.84. The van der Waals surface area contributed by atoms with Crippen molar-refractivity contribution in [2.45, 2.75) is 39.2 Å². The van der Waals surface area contributed by atoms with E-state index in [4.69, 9.17) is 10.2 Å². The summed E-state index contributed by atoms with van der Waals surface area (Å²) in [7, 11) is 0. The Morgan fingerprint density at radius 1 is 1.46 bits per heavy atom. The topological polar surface area (TPSA) is 40.5 Å². The van der Waals surface area contributed by atoms with Gasteiger partial charge in [0.05, 0.1) is 12.7 Å². The first-order valence-corrected chi connectivity index (χ1v) is 4.84. The van der Waals surface area contributed by atoms with Crippen LogP contribution in [0.5, 0.6) is 0 Å². The molecule has 0 saturated carbocycles. The largest absolute Gasteiger partial charge is 0.393 e. The van der Waals surface area contributed by atoms with Crippen LogP contribution in [0.3, 0.4) is 0 Å². The van der Waals surface area contributed by atoms with E-state index in [0.717, 1.165) is 18.4 Å². The van der Waals surface area contributed by atoms with Crippen LogP contribution in [-0.2, 0) is 0 Å². The minimum atomic E-state index is -0.284. The maximum absolute atomic E-state index is 8.96. The third kappa shape index (κ3) is 7.75. The van der Waals surface area contributed by atoms with Crippen molar-refractivity contribution < 1.29 is 10.2 Å². The Morgan fingerprint density at radius 3 is 2.62 bits per heavy atom. The summed E-state index contributed by atoms with van der Waals surface area (Å²) in [6.45, 7) is 3.98. The lowest BCUT2D eigenvalue weighted by Crippen LogP contribution is -1.95. The lowest BCUT2D eigenvalue weighted by Gasteiger charge is -1.99. The summed E-state index contributed by atoms with van der Waals surface area (Å²) in [4.78, 5) is 0. The number of aliphatic hydroxyl groups is 2. The highest BCUT2D eigenvalue weighted by molar-refractivity contribution is 5.12. The minimum Gasteiger partial charge on any atom is -0.393 e. The molecule has 0 aliphatic carbocycles. The van der Waals surface area contributed by atoms with Crippen LogP contribution >= 0.6 is 0 Å². The van der Waals surface area contributed by atoms with E-state index in [1.54, 1.807) is 6.92 Å². The summed E-state index contributed by atoms with van der Waals surface area (Å²) in [5.41, 5.74) is 1.05. The molecule has 13 heavy (non-hydrogen) atoms. The molecule has 1 unspecified atom stereocenters. The van der Waals surface area contributed by atoms with Crippen LogP contribution in [0.15, 0.2) is 23.8 Å². The molecular formula is C11H20O2. The Morgan fingerprint density at radius 2 is 2.15 bits per heavy atom. The van der Waals surface area contributed by atoms with Crippen LogP contribution < -0.4 is 0 Å². The third-order valence-electron chi connectivity index (χ3n) is 1.72. The lowest BCUT2D eigenvalue weighted by atomic mass is 10.1. The molecule has 0 heterocycles. The molecule has 0 aromatic rings. The first-order chi connectivity index (χ1) is 6.20. The Labute approximate surface area is 80.6 Å². The molecule has 0 amide bonds. The minimum absolute atomic E-state index is 0.132. The maximum Gasteiger partial charge on any atom is 0.0644 e. The summed E-state index contributed by atoms with van der Waals surface area (Å²) in [5, 5.41) is 17.9.